The fourth-order valence-electron chi connectivity index (χ4n) is 2.08. The molecule has 0 radical (unpaired) electrons. The minimum absolute atomic E-state index is 0.0431. The van der Waals surface area contributed by atoms with Crippen molar-refractivity contribution in [2.24, 2.45) is 0 Å². The number of carbonyl (C=O) groups is 3. The zero-order chi connectivity index (χ0) is 18.6. The standard InChI is InChI=1S/C17H18BrNO5S/c1-4-23-15(20)9-19-16(21)14(25-17(19)22)8-11-5-6-13(12(18)7-11)24-10(2)3/h5-8,10H,4,9H2,1-3H3/b14-8-. The van der Waals surface area contributed by atoms with Crippen molar-refractivity contribution >= 4 is 50.9 Å². The van der Waals surface area contributed by atoms with Crippen LogP contribution in [0.25, 0.3) is 6.08 Å². The fourth-order valence-corrected chi connectivity index (χ4v) is 3.41. The maximum absolute atomic E-state index is 12.3. The monoisotopic (exact) mass is 427 g/mol. The van der Waals surface area contributed by atoms with Crippen LogP contribution in [0.4, 0.5) is 4.79 Å². The molecule has 1 fully saturated rings. The van der Waals surface area contributed by atoms with Crippen LogP contribution in [0.3, 0.4) is 0 Å². The number of hydrogen-bond acceptors (Lipinski definition) is 6. The summed E-state index contributed by atoms with van der Waals surface area (Å²) in [5.41, 5.74) is 0.740. The summed E-state index contributed by atoms with van der Waals surface area (Å²) in [6.45, 7) is 5.35. The largest absolute Gasteiger partial charge is 0.490 e. The molecular weight excluding hydrogens is 410 g/mol. The van der Waals surface area contributed by atoms with Gasteiger partial charge in [-0.1, -0.05) is 6.07 Å². The van der Waals surface area contributed by atoms with E-state index in [-0.39, 0.29) is 24.2 Å². The molecule has 0 aliphatic carbocycles. The number of esters is 1. The maximum atomic E-state index is 12.3. The summed E-state index contributed by atoms with van der Waals surface area (Å²) in [7, 11) is 0. The molecule has 1 aliphatic heterocycles. The number of amides is 2. The van der Waals surface area contributed by atoms with Crippen molar-refractivity contribution in [2.45, 2.75) is 26.9 Å². The van der Waals surface area contributed by atoms with E-state index < -0.39 is 17.1 Å². The molecule has 1 aliphatic rings. The van der Waals surface area contributed by atoms with Crippen LogP contribution in [0.15, 0.2) is 27.6 Å². The van der Waals surface area contributed by atoms with Crippen LogP contribution >= 0.6 is 27.7 Å². The number of thioether (sulfide) groups is 1. The lowest BCUT2D eigenvalue weighted by Crippen LogP contribution is -2.34. The van der Waals surface area contributed by atoms with E-state index in [1.165, 1.54) is 0 Å². The van der Waals surface area contributed by atoms with E-state index in [9.17, 15) is 14.4 Å². The van der Waals surface area contributed by atoms with Gasteiger partial charge in [-0.25, -0.2) is 0 Å². The third-order valence-corrected chi connectivity index (χ3v) is 4.61. The maximum Gasteiger partial charge on any atom is 0.326 e. The van der Waals surface area contributed by atoms with E-state index in [0.29, 0.717) is 5.75 Å². The second-order valence-corrected chi connectivity index (χ2v) is 7.28. The van der Waals surface area contributed by atoms with Gasteiger partial charge in [-0.15, -0.1) is 0 Å². The Labute approximate surface area is 158 Å². The average Bonchev–Trinajstić information content (AvgIpc) is 2.77. The van der Waals surface area contributed by atoms with E-state index >= 15 is 0 Å². The van der Waals surface area contributed by atoms with E-state index in [2.05, 4.69) is 15.9 Å². The highest BCUT2D eigenvalue weighted by Crippen LogP contribution is 2.34. The number of carbonyl (C=O) groups excluding carboxylic acids is 3. The van der Waals surface area contributed by atoms with Crippen LogP contribution in [0.1, 0.15) is 26.3 Å². The van der Waals surface area contributed by atoms with Crippen molar-refractivity contribution in [2.75, 3.05) is 13.2 Å². The topological polar surface area (TPSA) is 72.9 Å². The van der Waals surface area contributed by atoms with Gasteiger partial charge in [0.15, 0.2) is 0 Å². The predicted molar refractivity (Wildman–Crippen MR) is 99.2 cm³/mol. The first kappa shape index (κ1) is 19.5. The summed E-state index contributed by atoms with van der Waals surface area (Å²) in [5.74, 6) is -0.409. The molecule has 0 N–H and O–H groups in total. The van der Waals surface area contributed by atoms with Gasteiger partial charge in [0.2, 0.25) is 0 Å². The van der Waals surface area contributed by atoms with Gasteiger partial charge >= 0.3 is 5.97 Å². The quantitative estimate of drug-likeness (QED) is 0.507. The Morgan fingerprint density at radius 3 is 2.68 bits per heavy atom. The van der Waals surface area contributed by atoms with Crippen molar-refractivity contribution in [1.29, 1.82) is 0 Å². The van der Waals surface area contributed by atoms with E-state index in [1.807, 2.05) is 13.8 Å². The molecule has 2 rings (SSSR count). The van der Waals surface area contributed by atoms with Crippen LogP contribution in [-0.4, -0.2) is 41.3 Å². The van der Waals surface area contributed by atoms with E-state index in [0.717, 1.165) is 26.7 Å². The van der Waals surface area contributed by atoms with Gasteiger partial charge in [-0.3, -0.25) is 19.3 Å². The number of ether oxygens (including phenoxy) is 2. The first-order chi connectivity index (χ1) is 11.8. The molecule has 0 saturated carbocycles. The normalized spacial score (nSPS) is 16.0. The highest BCUT2D eigenvalue weighted by Gasteiger charge is 2.36. The predicted octanol–water partition coefficient (Wildman–Crippen LogP) is 3.84. The third-order valence-electron chi connectivity index (χ3n) is 3.08. The van der Waals surface area contributed by atoms with E-state index in [1.54, 1.807) is 31.2 Å². The van der Waals surface area contributed by atoms with Crippen LogP contribution in [0, 0.1) is 0 Å². The van der Waals surface area contributed by atoms with E-state index in [4.69, 9.17) is 9.47 Å². The molecule has 134 valence electrons. The first-order valence-corrected chi connectivity index (χ1v) is 9.30. The number of nitrogens with zero attached hydrogens (tertiary/aromatic N) is 1. The molecule has 0 bridgehead atoms. The second kappa shape index (κ2) is 8.53. The highest BCUT2D eigenvalue weighted by atomic mass is 79.9. The molecule has 0 unspecified atom stereocenters. The first-order valence-electron chi connectivity index (χ1n) is 7.69. The zero-order valence-corrected chi connectivity index (χ0v) is 16.5. The second-order valence-electron chi connectivity index (χ2n) is 5.43. The Kier molecular flexibility index (Phi) is 6.66. The van der Waals surface area contributed by atoms with Gasteiger partial charge in [0.1, 0.15) is 12.3 Å². The molecule has 6 nitrogen and oxygen atoms in total. The minimum atomic E-state index is -0.607. The Hall–Kier alpha value is -1.80. The Morgan fingerprint density at radius 1 is 1.36 bits per heavy atom. The SMILES string of the molecule is CCOC(=O)CN1C(=O)S/C(=C\c2ccc(OC(C)C)c(Br)c2)C1=O. The molecule has 0 atom stereocenters. The third kappa shape index (κ3) is 5.09. The summed E-state index contributed by atoms with van der Waals surface area (Å²) < 4.78 is 11.2. The Balaban J connectivity index is 2.16. The van der Waals surface area contributed by atoms with Crippen molar-refractivity contribution < 1.29 is 23.9 Å². The fraction of sp³-hybridized carbons (Fsp3) is 0.353. The molecule has 1 aromatic rings. The van der Waals surface area contributed by atoms with Gasteiger partial charge in [0.05, 0.1) is 22.1 Å². The number of benzene rings is 1. The smallest absolute Gasteiger partial charge is 0.326 e. The minimum Gasteiger partial charge on any atom is -0.490 e. The van der Waals surface area contributed by atoms with Gasteiger partial charge in [-0.2, -0.15) is 0 Å². The lowest BCUT2D eigenvalue weighted by Gasteiger charge is -2.12. The van der Waals surface area contributed by atoms with Crippen LogP contribution < -0.4 is 4.74 Å². The molecule has 1 aromatic carbocycles. The number of hydrogen-bond donors (Lipinski definition) is 0. The van der Waals surface area contributed by atoms with Crippen molar-refractivity contribution in [3.05, 3.63) is 33.1 Å². The van der Waals surface area contributed by atoms with Crippen molar-refractivity contribution in [3.63, 3.8) is 0 Å². The zero-order valence-electron chi connectivity index (χ0n) is 14.1. The molecule has 1 heterocycles. The molecule has 1 saturated heterocycles. The summed E-state index contributed by atoms with van der Waals surface area (Å²) >= 11 is 4.23. The summed E-state index contributed by atoms with van der Waals surface area (Å²) in [5, 5.41) is -0.483. The molecule has 0 spiro atoms. The molecule has 8 heteroatoms. The Bertz CT molecular complexity index is 732. The number of imide groups is 1. The highest BCUT2D eigenvalue weighted by molar-refractivity contribution is 9.10. The number of halogens is 1. The average molecular weight is 428 g/mol. The number of rotatable bonds is 6. The Morgan fingerprint density at radius 2 is 2.08 bits per heavy atom. The van der Waals surface area contributed by atoms with Gasteiger partial charge in [-0.05, 0) is 72.2 Å². The molecule has 25 heavy (non-hydrogen) atoms. The lowest BCUT2D eigenvalue weighted by molar-refractivity contribution is -0.145. The summed E-state index contributed by atoms with van der Waals surface area (Å²) in [4.78, 5) is 36.9. The van der Waals surface area contributed by atoms with Gasteiger partial charge in [0, 0.05) is 0 Å². The van der Waals surface area contributed by atoms with Gasteiger partial charge in [0.25, 0.3) is 11.1 Å². The molecule has 2 amide bonds. The van der Waals surface area contributed by atoms with Crippen LogP contribution in [0.5, 0.6) is 5.75 Å². The molecule has 0 aromatic heterocycles. The summed E-state index contributed by atoms with van der Waals surface area (Å²) in [6.07, 6.45) is 1.65. The summed E-state index contributed by atoms with van der Waals surface area (Å²) in [6, 6.07) is 5.39. The van der Waals surface area contributed by atoms with Crippen LogP contribution in [0.2, 0.25) is 0 Å². The lowest BCUT2D eigenvalue weighted by atomic mass is 10.2. The van der Waals surface area contributed by atoms with Crippen LogP contribution in [-0.2, 0) is 14.3 Å². The van der Waals surface area contributed by atoms with Gasteiger partial charge < -0.3 is 9.47 Å². The van der Waals surface area contributed by atoms with Crippen molar-refractivity contribution in [3.8, 4) is 5.75 Å². The van der Waals surface area contributed by atoms with Crippen molar-refractivity contribution in [1.82, 2.24) is 4.90 Å². The molecular formula is C17H18BrNO5S.